The Hall–Kier alpha value is -2.71. The van der Waals surface area contributed by atoms with Crippen molar-refractivity contribution in [3.05, 3.63) is 65.2 Å². The topological polar surface area (TPSA) is 84.0 Å². The molecule has 0 aliphatic carbocycles. The molecule has 0 aromatic heterocycles. The Morgan fingerprint density at radius 3 is 2.38 bits per heavy atom. The van der Waals surface area contributed by atoms with Gasteiger partial charge in [-0.05, 0) is 49.9 Å². The van der Waals surface area contributed by atoms with Gasteiger partial charge in [0, 0.05) is 20.1 Å². The standard InChI is InChI=1S/C24H30N2O5S/c1-18-12-13-21(32(29,30)26-14-8-5-9-15-26)16-22(18)24(28)31-17-23(27)25(3)19(2)20-10-6-4-7-11-20/h4,6-7,10-13,16,19H,5,8-9,14-15,17H2,1-3H3. The molecule has 2 aromatic rings. The van der Waals surface area contributed by atoms with Gasteiger partial charge in [0.15, 0.2) is 6.61 Å². The van der Waals surface area contributed by atoms with Crippen LogP contribution in [0.15, 0.2) is 53.4 Å². The lowest BCUT2D eigenvalue weighted by Gasteiger charge is -2.26. The van der Waals surface area contributed by atoms with Crippen molar-refractivity contribution in [1.29, 1.82) is 0 Å². The van der Waals surface area contributed by atoms with Gasteiger partial charge >= 0.3 is 5.97 Å². The predicted octanol–water partition coefficient (Wildman–Crippen LogP) is 3.55. The number of amides is 1. The molecule has 2 aromatic carbocycles. The number of hydrogen-bond acceptors (Lipinski definition) is 5. The molecule has 1 unspecified atom stereocenters. The number of carbonyl (C=O) groups is 2. The van der Waals surface area contributed by atoms with E-state index in [0.717, 1.165) is 24.8 Å². The molecule has 1 fully saturated rings. The molecule has 8 heteroatoms. The van der Waals surface area contributed by atoms with Crippen LogP contribution in [0.1, 0.15) is 53.7 Å². The number of likely N-dealkylation sites (N-methyl/N-ethyl adjacent to an activating group) is 1. The first kappa shape index (κ1) is 23.9. The molecule has 0 radical (unpaired) electrons. The molecule has 1 heterocycles. The summed E-state index contributed by atoms with van der Waals surface area (Å²) in [5, 5.41) is 0. The van der Waals surface area contributed by atoms with E-state index < -0.39 is 22.6 Å². The third kappa shape index (κ3) is 5.37. The van der Waals surface area contributed by atoms with Crippen LogP contribution in [0, 0.1) is 6.92 Å². The number of sulfonamides is 1. The van der Waals surface area contributed by atoms with Crippen molar-refractivity contribution in [2.24, 2.45) is 0 Å². The minimum Gasteiger partial charge on any atom is -0.452 e. The van der Waals surface area contributed by atoms with E-state index in [4.69, 9.17) is 4.74 Å². The van der Waals surface area contributed by atoms with E-state index in [9.17, 15) is 18.0 Å². The zero-order valence-corrected chi connectivity index (χ0v) is 19.6. The molecule has 1 aliphatic rings. The molecule has 172 valence electrons. The van der Waals surface area contributed by atoms with Crippen molar-refractivity contribution in [3.8, 4) is 0 Å². The molecule has 7 nitrogen and oxygen atoms in total. The molecular weight excluding hydrogens is 428 g/mol. The zero-order valence-electron chi connectivity index (χ0n) is 18.8. The van der Waals surface area contributed by atoms with Gasteiger partial charge in [-0.15, -0.1) is 0 Å². The number of aryl methyl sites for hydroxylation is 1. The Bertz CT molecular complexity index is 1060. The Balaban J connectivity index is 1.68. The summed E-state index contributed by atoms with van der Waals surface area (Å²) < 4.78 is 32.6. The van der Waals surface area contributed by atoms with E-state index in [1.807, 2.05) is 37.3 Å². The van der Waals surface area contributed by atoms with E-state index in [2.05, 4.69) is 0 Å². The Morgan fingerprint density at radius 1 is 1.06 bits per heavy atom. The van der Waals surface area contributed by atoms with Crippen LogP contribution in [0.5, 0.6) is 0 Å². The Morgan fingerprint density at radius 2 is 1.72 bits per heavy atom. The first-order valence-electron chi connectivity index (χ1n) is 10.8. The van der Waals surface area contributed by atoms with E-state index in [1.165, 1.54) is 21.3 Å². The molecule has 0 spiro atoms. The second kappa shape index (κ2) is 10.3. The lowest BCUT2D eigenvalue weighted by atomic mass is 10.1. The van der Waals surface area contributed by atoms with Crippen molar-refractivity contribution < 1.29 is 22.7 Å². The molecule has 0 bridgehead atoms. The highest BCUT2D eigenvalue weighted by molar-refractivity contribution is 7.89. The second-order valence-electron chi connectivity index (χ2n) is 8.11. The predicted molar refractivity (Wildman–Crippen MR) is 122 cm³/mol. The molecule has 1 atom stereocenters. The fourth-order valence-corrected chi connectivity index (χ4v) is 5.26. The summed E-state index contributed by atoms with van der Waals surface area (Å²) in [6, 6.07) is 13.8. The van der Waals surface area contributed by atoms with Crippen molar-refractivity contribution in [1.82, 2.24) is 9.21 Å². The third-order valence-corrected chi connectivity index (χ3v) is 7.86. The second-order valence-corrected chi connectivity index (χ2v) is 10.0. The minimum absolute atomic E-state index is 0.0677. The SMILES string of the molecule is Cc1ccc(S(=O)(=O)N2CCCCC2)cc1C(=O)OCC(=O)N(C)C(C)c1ccccc1. The van der Waals surface area contributed by atoms with Crippen molar-refractivity contribution in [2.45, 2.75) is 44.0 Å². The van der Waals surface area contributed by atoms with Crippen molar-refractivity contribution in [2.75, 3.05) is 26.7 Å². The van der Waals surface area contributed by atoms with Gasteiger partial charge in [0.25, 0.3) is 5.91 Å². The average Bonchev–Trinajstić information content (AvgIpc) is 2.82. The van der Waals surface area contributed by atoms with Gasteiger partial charge in [-0.3, -0.25) is 4.79 Å². The number of piperidine rings is 1. The summed E-state index contributed by atoms with van der Waals surface area (Å²) in [5.41, 5.74) is 1.71. The van der Waals surface area contributed by atoms with Gasteiger partial charge in [-0.2, -0.15) is 4.31 Å². The van der Waals surface area contributed by atoms with Crippen LogP contribution in [-0.4, -0.2) is 56.2 Å². The summed E-state index contributed by atoms with van der Waals surface area (Å²) in [5.74, 6) is -1.06. The molecular formula is C24H30N2O5S. The highest BCUT2D eigenvalue weighted by Crippen LogP contribution is 2.23. The molecule has 0 saturated carbocycles. The van der Waals surface area contributed by atoms with Crippen LogP contribution in [0.2, 0.25) is 0 Å². The highest BCUT2D eigenvalue weighted by atomic mass is 32.2. The summed E-state index contributed by atoms with van der Waals surface area (Å²) in [7, 11) is -2.01. The molecule has 32 heavy (non-hydrogen) atoms. The molecule has 1 aliphatic heterocycles. The minimum atomic E-state index is -3.67. The van der Waals surface area contributed by atoms with Gasteiger partial charge in [-0.1, -0.05) is 42.8 Å². The van der Waals surface area contributed by atoms with E-state index >= 15 is 0 Å². The number of carbonyl (C=O) groups excluding carboxylic acids is 2. The zero-order chi connectivity index (χ0) is 23.3. The van der Waals surface area contributed by atoms with Gasteiger partial charge in [0.2, 0.25) is 10.0 Å². The molecule has 1 saturated heterocycles. The van der Waals surface area contributed by atoms with Gasteiger partial charge in [-0.25, -0.2) is 13.2 Å². The molecule has 3 rings (SSSR count). The summed E-state index contributed by atoms with van der Waals surface area (Å²) in [6.07, 6.45) is 2.68. The molecule has 1 amide bonds. The van der Waals surface area contributed by atoms with Crippen LogP contribution in [0.3, 0.4) is 0 Å². The highest BCUT2D eigenvalue weighted by Gasteiger charge is 2.27. The first-order valence-corrected chi connectivity index (χ1v) is 12.2. The van der Waals surface area contributed by atoms with E-state index in [0.29, 0.717) is 18.7 Å². The number of hydrogen-bond donors (Lipinski definition) is 0. The quantitative estimate of drug-likeness (QED) is 0.593. The summed E-state index contributed by atoms with van der Waals surface area (Å²) >= 11 is 0. The number of esters is 1. The fourth-order valence-electron chi connectivity index (χ4n) is 3.71. The number of nitrogens with zero attached hydrogens (tertiary/aromatic N) is 2. The largest absolute Gasteiger partial charge is 0.452 e. The van der Waals surface area contributed by atoms with Crippen molar-refractivity contribution in [3.63, 3.8) is 0 Å². The summed E-state index contributed by atoms with van der Waals surface area (Å²) in [4.78, 5) is 26.8. The van der Waals surface area contributed by atoms with Crippen molar-refractivity contribution >= 4 is 21.9 Å². The van der Waals surface area contributed by atoms with Gasteiger partial charge in [0.05, 0.1) is 16.5 Å². The lowest BCUT2D eigenvalue weighted by molar-refractivity contribution is -0.135. The third-order valence-electron chi connectivity index (χ3n) is 5.96. The van der Waals surface area contributed by atoms with Gasteiger partial charge < -0.3 is 9.64 Å². The van der Waals surface area contributed by atoms with Crippen LogP contribution in [0.4, 0.5) is 0 Å². The fraction of sp³-hybridized carbons (Fsp3) is 0.417. The van der Waals surface area contributed by atoms with E-state index in [1.54, 1.807) is 20.0 Å². The maximum Gasteiger partial charge on any atom is 0.338 e. The van der Waals surface area contributed by atoms with Crippen LogP contribution < -0.4 is 0 Å². The maximum absolute atomic E-state index is 13.0. The first-order chi connectivity index (χ1) is 15.2. The Kier molecular flexibility index (Phi) is 7.69. The lowest BCUT2D eigenvalue weighted by Crippen LogP contribution is -2.35. The Labute approximate surface area is 190 Å². The van der Waals surface area contributed by atoms with Crippen LogP contribution >= 0.6 is 0 Å². The average molecular weight is 459 g/mol. The number of ether oxygens (including phenoxy) is 1. The van der Waals surface area contributed by atoms with Crippen LogP contribution in [0.25, 0.3) is 0 Å². The van der Waals surface area contributed by atoms with Gasteiger partial charge in [0.1, 0.15) is 0 Å². The maximum atomic E-state index is 13.0. The number of benzene rings is 2. The van der Waals surface area contributed by atoms with Crippen LogP contribution in [-0.2, 0) is 19.6 Å². The monoisotopic (exact) mass is 458 g/mol. The number of rotatable bonds is 7. The summed E-state index contributed by atoms with van der Waals surface area (Å²) in [6.45, 7) is 4.15. The normalized spacial score (nSPS) is 15.7. The smallest absolute Gasteiger partial charge is 0.338 e. The molecule has 0 N–H and O–H groups in total. The van der Waals surface area contributed by atoms with E-state index in [-0.39, 0.29) is 22.4 Å².